The molecule has 19 heavy (non-hydrogen) atoms. The fourth-order valence-corrected chi connectivity index (χ4v) is 1.84. The topological polar surface area (TPSA) is 60.2 Å². The molecule has 1 N–H and O–H groups in total. The first kappa shape index (κ1) is 13.5. The predicted molar refractivity (Wildman–Crippen MR) is 72.3 cm³/mol. The zero-order valence-electron chi connectivity index (χ0n) is 11.3. The highest BCUT2D eigenvalue weighted by Gasteiger charge is 2.07. The monoisotopic (exact) mass is 261 g/mol. The Morgan fingerprint density at radius 3 is 3.05 bits per heavy atom. The number of benzene rings is 1. The lowest BCUT2D eigenvalue weighted by Crippen LogP contribution is -2.08. The van der Waals surface area contributed by atoms with Crippen LogP contribution in [0.4, 0.5) is 0 Å². The molecule has 0 saturated heterocycles. The average Bonchev–Trinajstić information content (AvgIpc) is 2.87. The van der Waals surface area contributed by atoms with Crippen molar-refractivity contribution in [1.82, 2.24) is 15.5 Å². The molecular weight excluding hydrogens is 242 g/mol. The molecule has 2 aromatic rings. The molecule has 0 spiro atoms. The van der Waals surface area contributed by atoms with E-state index < -0.39 is 0 Å². The molecule has 0 amide bonds. The van der Waals surface area contributed by atoms with Gasteiger partial charge >= 0.3 is 0 Å². The number of hydrogen-bond donors (Lipinski definition) is 1. The van der Waals surface area contributed by atoms with Gasteiger partial charge in [-0.2, -0.15) is 4.98 Å². The molecule has 0 aliphatic rings. The molecule has 0 saturated carbocycles. The first-order valence-electron chi connectivity index (χ1n) is 6.41. The maximum atomic E-state index is 5.22. The number of ether oxygens (including phenoxy) is 1. The van der Waals surface area contributed by atoms with Gasteiger partial charge in [0.15, 0.2) is 5.82 Å². The summed E-state index contributed by atoms with van der Waals surface area (Å²) in [5.74, 6) is 2.26. The number of aromatic nitrogens is 2. The van der Waals surface area contributed by atoms with Gasteiger partial charge in [0.05, 0.1) is 7.11 Å². The predicted octanol–water partition coefficient (Wildman–Crippen LogP) is 1.82. The highest BCUT2D eigenvalue weighted by molar-refractivity contribution is 5.29. The lowest BCUT2D eigenvalue weighted by molar-refractivity contribution is 0.370. The Labute approximate surface area is 113 Å². The third-order valence-corrected chi connectivity index (χ3v) is 2.82. The molecule has 102 valence electrons. The Bertz CT molecular complexity index is 511. The van der Waals surface area contributed by atoms with E-state index in [-0.39, 0.29) is 0 Å². The molecule has 2 rings (SSSR count). The van der Waals surface area contributed by atoms with E-state index in [9.17, 15) is 0 Å². The Hall–Kier alpha value is -1.88. The molecule has 1 aromatic carbocycles. The third kappa shape index (κ3) is 4.06. The normalized spacial score (nSPS) is 10.6. The van der Waals surface area contributed by atoms with Crippen LogP contribution in [-0.2, 0) is 12.8 Å². The van der Waals surface area contributed by atoms with Crippen LogP contribution in [0.5, 0.6) is 5.75 Å². The summed E-state index contributed by atoms with van der Waals surface area (Å²) in [4.78, 5) is 4.39. The van der Waals surface area contributed by atoms with Crippen LogP contribution in [0.3, 0.4) is 0 Å². The highest BCUT2D eigenvalue weighted by atomic mass is 16.5. The van der Waals surface area contributed by atoms with Crippen molar-refractivity contribution in [3.8, 4) is 5.75 Å². The molecule has 0 radical (unpaired) electrons. The maximum Gasteiger partial charge on any atom is 0.226 e. The molecular formula is C14H19N3O2. The first-order chi connectivity index (χ1) is 9.31. The van der Waals surface area contributed by atoms with E-state index in [0.29, 0.717) is 18.1 Å². The van der Waals surface area contributed by atoms with Crippen molar-refractivity contribution in [3.63, 3.8) is 0 Å². The molecule has 0 aliphatic heterocycles. The summed E-state index contributed by atoms with van der Waals surface area (Å²) in [6, 6.07) is 7.89. The van der Waals surface area contributed by atoms with Crippen molar-refractivity contribution in [1.29, 1.82) is 0 Å². The van der Waals surface area contributed by atoms with Crippen LogP contribution in [0.15, 0.2) is 28.8 Å². The zero-order chi connectivity index (χ0) is 13.5. The second-order valence-corrected chi connectivity index (χ2v) is 4.34. The van der Waals surface area contributed by atoms with Gasteiger partial charge in [-0.1, -0.05) is 17.3 Å². The zero-order valence-corrected chi connectivity index (χ0v) is 11.3. The minimum Gasteiger partial charge on any atom is -0.497 e. The van der Waals surface area contributed by atoms with Gasteiger partial charge in [0.1, 0.15) is 5.75 Å². The summed E-state index contributed by atoms with van der Waals surface area (Å²) >= 11 is 0. The summed E-state index contributed by atoms with van der Waals surface area (Å²) < 4.78 is 10.4. The van der Waals surface area contributed by atoms with Crippen LogP contribution in [0.1, 0.15) is 23.7 Å². The van der Waals surface area contributed by atoms with E-state index in [1.165, 1.54) is 0 Å². The summed E-state index contributed by atoms with van der Waals surface area (Å²) in [6.45, 7) is 0.952. The molecule has 0 atom stereocenters. The first-order valence-corrected chi connectivity index (χ1v) is 6.41. The highest BCUT2D eigenvalue weighted by Crippen LogP contribution is 2.15. The van der Waals surface area contributed by atoms with Gasteiger partial charge in [0.2, 0.25) is 5.89 Å². The summed E-state index contributed by atoms with van der Waals surface area (Å²) in [6.07, 6.45) is 2.47. The number of nitrogens with zero attached hydrogens (tertiary/aromatic N) is 2. The van der Waals surface area contributed by atoms with Gasteiger partial charge in [0.25, 0.3) is 0 Å². The number of rotatable bonds is 7. The van der Waals surface area contributed by atoms with Gasteiger partial charge in [-0.25, -0.2) is 0 Å². The molecule has 1 heterocycles. The molecule has 0 fully saturated rings. The summed E-state index contributed by atoms with van der Waals surface area (Å²) in [5, 5.41) is 7.09. The fraction of sp³-hybridized carbons (Fsp3) is 0.429. The van der Waals surface area contributed by atoms with Crippen LogP contribution < -0.4 is 10.1 Å². The molecule has 0 bridgehead atoms. The number of nitrogens with one attached hydrogen (secondary N) is 1. The van der Waals surface area contributed by atoms with E-state index in [1.807, 2.05) is 31.3 Å². The van der Waals surface area contributed by atoms with Crippen molar-refractivity contribution in [2.45, 2.75) is 19.3 Å². The van der Waals surface area contributed by atoms with Crippen molar-refractivity contribution >= 4 is 0 Å². The van der Waals surface area contributed by atoms with Crippen LogP contribution in [0, 0.1) is 0 Å². The summed E-state index contributed by atoms with van der Waals surface area (Å²) in [5.41, 5.74) is 1.11. The van der Waals surface area contributed by atoms with Crippen LogP contribution in [0.2, 0.25) is 0 Å². The van der Waals surface area contributed by atoms with Gasteiger partial charge in [0, 0.05) is 12.8 Å². The van der Waals surface area contributed by atoms with Gasteiger partial charge in [-0.05, 0) is 37.7 Å². The van der Waals surface area contributed by atoms with Crippen molar-refractivity contribution < 1.29 is 9.26 Å². The largest absolute Gasteiger partial charge is 0.497 e. The molecule has 1 aromatic heterocycles. The molecule has 0 unspecified atom stereocenters. The van der Waals surface area contributed by atoms with Crippen molar-refractivity contribution in [3.05, 3.63) is 41.5 Å². The standard InChI is InChI=1S/C14H19N3O2/c1-15-8-4-7-14-16-13(17-19-14)10-11-5-3-6-12(9-11)18-2/h3,5-6,9,15H,4,7-8,10H2,1-2H3. The second kappa shape index (κ2) is 6.89. The SMILES string of the molecule is CNCCCc1nc(Cc2cccc(OC)c2)no1. The van der Waals surface area contributed by atoms with Crippen LogP contribution in [-0.4, -0.2) is 30.8 Å². The number of aryl methyl sites for hydroxylation is 1. The lowest BCUT2D eigenvalue weighted by atomic mass is 10.1. The van der Waals surface area contributed by atoms with E-state index in [0.717, 1.165) is 30.7 Å². The third-order valence-electron chi connectivity index (χ3n) is 2.82. The quantitative estimate of drug-likeness (QED) is 0.770. The lowest BCUT2D eigenvalue weighted by Gasteiger charge is -2.01. The van der Waals surface area contributed by atoms with Gasteiger partial charge in [-0.3, -0.25) is 0 Å². The minimum atomic E-state index is 0.659. The smallest absolute Gasteiger partial charge is 0.226 e. The Morgan fingerprint density at radius 2 is 2.26 bits per heavy atom. The molecule has 0 aliphatic carbocycles. The number of hydrogen-bond acceptors (Lipinski definition) is 5. The van der Waals surface area contributed by atoms with E-state index in [2.05, 4.69) is 15.5 Å². The summed E-state index contributed by atoms with van der Waals surface area (Å²) in [7, 11) is 3.59. The average molecular weight is 261 g/mol. The van der Waals surface area contributed by atoms with E-state index in [1.54, 1.807) is 7.11 Å². The Morgan fingerprint density at radius 1 is 1.37 bits per heavy atom. The maximum absolute atomic E-state index is 5.22. The van der Waals surface area contributed by atoms with Crippen molar-refractivity contribution in [2.75, 3.05) is 20.7 Å². The Balaban J connectivity index is 1.95. The molecule has 5 nitrogen and oxygen atoms in total. The second-order valence-electron chi connectivity index (χ2n) is 4.34. The van der Waals surface area contributed by atoms with Crippen LogP contribution >= 0.6 is 0 Å². The van der Waals surface area contributed by atoms with Crippen molar-refractivity contribution in [2.24, 2.45) is 0 Å². The fourth-order valence-electron chi connectivity index (χ4n) is 1.84. The number of methoxy groups -OCH3 is 1. The minimum absolute atomic E-state index is 0.659. The van der Waals surface area contributed by atoms with Gasteiger partial charge < -0.3 is 14.6 Å². The van der Waals surface area contributed by atoms with Crippen LogP contribution in [0.25, 0.3) is 0 Å². The van der Waals surface area contributed by atoms with E-state index in [4.69, 9.17) is 9.26 Å². The Kier molecular flexibility index (Phi) is 4.92. The van der Waals surface area contributed by atoms with Gasteiger partial charge in [-0.15, -0.1) is 0 Å². The van der Waals surface area contributed by atoms with E-state index >= 15 is 0 Å². The molecule has 5 heteroatoms.